The molecule has 166 valence electrons. The van der Waals surface area contributed by atoms with Gasteiger partial charge in [-0.1, -0.05) is 26.0 Å². The van der Waals surface area contributed by atoms with Crippen molar-refractivity contribution in [2.45, 2.75) is 40.2 Å². The van der Waals surface area contributed by atoms with Gasteiger partial charge < -0.3 is 20.0 Å². The number of aliphatic hydroxyl groups is 1. The number of benzene rings is 1. The third-order valence-electron chi connectivity index (χ3n) is 5.61. The number of hydrogen-bond acceptors (Lipinski definition) is 7. The van der Waals surface area contributed by atoms with Crippen LogP contribution in [-0.2, 0) is 4.79 Å². The van der Waals surface area contributed by atoms with Crippen molar-refractivity contribution in [1.29, 1.82) is 0 Å². The number of nitrogens with zero attached hydrogens (tertiary/aromatic N) is 3. The van der Waals surface area contributed by atoms with Crippen molar-refractivity contribution >= 4 is 23.0 Å². The van der Waals surface area contributed by atoms with Gasteiger partial charge >= 0.3 is 0 Å². The van der Waals surface area contributed by atoms with E-state index >= 15 is 0 Å². The van der Waals surface area contributed by atoms with Gasteiger partial charge in [-0.25, -0.2) is 4.98 Å². The van der Waals surface area contributed by atoms with Crippen molar-refractivity contribution in [3.8, 4) is 5.75 Å². The summed E-state index contributed by atoms with van der Waals surface area (Å²) in [7, 11) is 0. The molecule has 0 aliphatic carbocycles. The maximum Gasteiger partial charge on any atom is 0.290 e. The van der Waals surface area contributed by atoms with Crippen LogP contribution in [0.5, 0.6) is 5.75 Å². The number of aromatic hydroxyl groups is 1. The highest BCUT2D eigenvalue weighted by Gasteiger charge is 2.44. The number of phenolic OH excluding ortho intramolecular Hbond substituents is 1. The van der Waals surface area contributed by atoms with Gasteiger partial charge in [-0.15, -0.1) is 11.3 Å². The van der Waals surface area contributed by atoms with Crippen LogP contribution in [0.25, 0.3) is 0 Å². The first kappa shape index (κ1) is 23.0. The molecule has 8 heteroatoms. The number of aliphatic hydroxyl groups excluding tert-OH is 1. The van der Waals surface area contributed by atoms with Crippen molar-refractivity contribution in [2.24, 2.45) is 0 Å². The van der Waals surface area contributed by atoms with E-state index in [2.05, 4.69) is 23.7 Å². The lowest BCUT2D eigenvalue weighted by molar-refractivity contribution is -0.129. The summed E-state index contributed by atoms with van der Waals surface area (Å²) >= 11 is 1.25. The summed E-state index contributed by atoms with van der Waals surface area (Å²) in [6, 6.07) is 5.73. The maximum absolute atomic E-state index is 13.4. The number of aryl methyl sites for hydroxylation is 2. The van der Waals surface area contributed by atoms with E-state index in [1.165, 1.54) is 28.4 Å². The Hall–Kier alpha value is -2.71. The second kappa shape index (κ2) is 9.62. The molecule has 0 spiro atoms. The highest BCUT2D eigenvalue weighted by atomic mass is 32.1. The van der Waals surface area contributed by atoms with Gasteiger partial charge in [0.05, 0.1) is 27.2 Å². The largest absolute Gasteiger partial charge is 0.508 e. The van der Waals surface area contributed by atoms with Gasteiger partial charge in [0.2, 0.25) is 5.78 Å². The lowest BCUT2D eigenvalue weighted by Gasteiger charge is -2.28. The number of hydrogen-bond donors (Lipinski definition) is 2. The molecule has 31 heavy (non-hydrogen) atoms. The van der Waals surface area contributed by atoms with E-state index in [0.717, 1.165) is 24.6 Å². The van der Waals surface area contributed by atoms with Crippen molar-refractivity contribution in [3.05, 3.63) is 56.7 Å². The minimum atomic E-state index is -0.759. The summed E-state index contributed by atoms with van der Waals surface area (Å²) in [4.78, 5) is 35.0. The van der Waals surface area contributed by atoms with Gasteiger partial charge in [-0.2, -0.15) is 0 Å². The van der Waals surface area contributed by atoms with Crippen LogP contribution in [-0.4, -0.2) is 62.9 Å². The zero-order valence-electron chi connectivity index (χ0n) is 18.4. The van der Waals surface area contributed by atoms with Crippen molar-refractivity contribution in [2.75, 3.05) is 26.2 Å². The van der Waals surface area contributed by atoms with Crippen molar-refractivity contribution in [3.63, 3.8) is 0 Å². The first-order chi connectivity index (χ1) is 14.8. The van der Waals surface area contributed by atoms with E-state index in [1.54, 1.807) is 19.1 Å². The summed E-state index contributed by atoms with van der Waals surface area (Å²) in [5, 5.41) is 21.5. The fourth-order valence-corrected chi connectivity index (χ4v) is 4.90. The molecular weight excluding hydrogens is 414 g/mol. The minimum absolute atomic E-state index is 0.0380. The molecule has 1 aromatic carbocycles. The summed E-state index contributed by atoms with van der Waals surface area (Å²) < 4.78 is 0. The molecule has 1 amide bonds. The lowest BCUT2D eigenvalue weighted by atomic mass is 9.95. The highest BCUT2D eigenvalue weighted by Crippen LogP contribution is 2.40. The van der Waals surface area contributed by atoms with Gasteiger partial charge in [0.1, 0.15) is 5.75 Å². The van der Waals surface area contributed by atoms with Gasteiger partial charge in [-0.3, -0.25) is 9.59 Å². The van der Waals surface area contributed by atoms with Crippen LogP contribution in [0.1, 0.15) is 52.2 Å². The smallest absolute Gasteiger partial charge is 0.290 e. The molecule has 1 aliphatic rings. The van der Waals surface area contributed by atoms with E-state index in [9.17, 15) is 19.8 Å². The van der Waals surface area contributed by atoms with Crippen LogP contribution in [0.2, 0.25) is 0 Å². The molecule has 0 saturated carbocycles. The summed E-state index contributed by atoms with van der Waals surface area (Å²) in [6.45, 7) is 10.8. The first-order valence-electron chi connectivity index (χ1n) is 10.5. The molecule has 2 N–H and O–H groups in total. The third-order valence-corrected chi connectivity index (χ3v) is 6.68. The van der Waals surface area contributed by atoms with E-state index in [0.29, 0.717) is 29.1 Å². The molecule has 7 nitrogen and oxygen atoms in total. The van der Waals surface area contributed by atoms with Crippen molar-refractivity contribution < 1.29 is 19.8 Å². The average molecular weight is 444 g/mol. The van der Waals surface area contributed by atoms with E-state index in [-0.39, 0.29) is 11.3 Å². The Bertz CT molecular complexity index is 1010. The molecule has 1 aromatic heterocycles. The van der Waals surface area contributed by atoms with Crippen LogP contribution in [0.15, 0.2) is 35.6 Å². The fourth-order valence-electron chi connectivity index (χ4n) is 4.03. The van der Waals surface area contributed by atoms with Crippen molar-refractivity contribution in [1.82, 2.24) is 14.8 Å². The van der Waals surface area contributed by atoms with Gasteiger partial charge in [0.25, 0.3) is 5.91 Å². The van der Waals surface area contributed by atoms with E-state index < -0.39 is 23.5 Å². The molecule has 1 atom stereocenters. The Kier molecular flexibility index (Phi) is 7.12. The zero-order valence-corrected chi connectivity index (χ0v) is 19.2. The minimum Gasteiger partial charge on any atom is -0.508 e. The van der Waals surface area contributed by atoms with Crippen LogP contribution in [0.3, 0.4) is 0 Å². The second-order valence-electron chi connectivity index (χ2n) is 7.62. The molecule has 0 saturated heterocycles. The zero-order chi connectivity index (χ0) is 22.7. The third kappa shape index (κ3) is 4.65. The quantitative estimate of drug-likeness (QED) is 0.573. The molecule has 0 bridgehead atoms. The highest BCUT2D eigenvalue weighted by molar-refractivity contribution is 7.14. The van der Waals surface area contributed by atoms with E-state index in [1.807, 2.05) is 6.92 Å². The molecular formula is C23H29N3O4S. The Labute approximate surface area is 186 Å². The molecule has 1 unspecified atom stereocenters. The number of thiazole rings is 1. The number of Topliss-reactive ketones (excluding diaryl/α,β-unsaturated/α-hetero) is 1. The Balaban J connectivity index is 1.98. The summed E-state index contributed by atoms with van der Waals surface area (Å²) in [6.07, 6.45) is 0.705. The molecule has 0 radical (unpaired) electrons. The predicted octanol–water partition coefficient (Wildman–Crippen LogP) is 3.78. The number of ketones is 1. The maximum atomic E-state index is 13.4. The summed E-state index contributed by atoms with van der Waals surface area (Å²) in [5.74, 6) is -1.44. The van der Waals surface area contributed by atoms with Gasteiger partial charge in [0, 0.05) is 6.54 Å². The topological polar surface area (TPSA) is 94.0 Å². The molecule has 1 aliphatic heterocycles. The number of phenols is 1. The van der Waals surface area contributed by atoms with Crippen LogP contribution < -0.4 is 0 Å². The van der Waals surface area contributed by atoms with Gasteiger partial charge in [-0.05, 0) is 57.6 Å². The average Bonchev–Trinajstić information content (AvgIpc) is 3.21. The van der Waals surface area contributed by atoms with Crippen LogP contribution in [0.4, 0.5) is 0 Å². The standard InChI is InChI=1S/C23H29N3O4S/c1-5-25(6-2)11-8-12-26-19(16-9-7-10-17(27)13-16)18(21(29)23(26)30)20(28)22-14(3)24-15(4)31-22/h7,9-10,13,19,27,29H,5-6,8,11-12H2,1-4H3. The number of aromatic nitrogens is 1. The van der Waals surface area contributed by atoms with E-state index in [4.69, 9.17) is 0 Å². The fraction of sp³-hybridized carbons (Fsp3) is 0.435. The number of carbonyl (C=O) groups is 2. The van der Waals surface area contributed by atoms with Gasteiger partial charge in [0.15, 0.2) is 5.76 Å². The van der Waals surface area contributed by atoms with Crippen LogP contribution in [0, 0.1) is 13.8 Å². The summed E-state index contributed by atoms with van der Waals surface area (Å²) in [5.41, 5.74) is 1.21. The molecule has 0 fully saturated rings. The van der Waals surface area contributed by atoms with Crippen LogP contribution >= 0.6 is 11.3 Å². The monoisotopic (exact) mass is 443 g/mol. The SMILES string of the molecule is CCN(CC)CCCN1C(=O)C(O)=C(C(=O)c2sc(C)nc2C)C1c1cccc(O)c1. The molecule has 2 heterocycles. The molecule has 3 rings (SSSR count). The number of rotatable bonds is 9. The number of carbonyl (C=O) groups excluding carboxylic acids is 2. The molecule has 2 aromatic rings. The predicted molar refractivity (Wildman–Crippen MR) is 121 cm³/mol. The lowest BCUT2D eigenvalue weighted by Crippen LogP contribution is -2.34. The Morgan fingerprint density at radius 2 is 1.94 bits per heavy atom. The Morgan fingerprint density at radius 1 is 1.23 bits per heavy atom. The second-order valence-corrected chi connectivity index (χ2v) is 8.82. The number of amides is 1. The normalized spacial score (nSPS) is 16.6. The Morgan fingerprint density at radius 3 is 2.52 bits per heavy atom. The first-order valence-corrected chi connectivity index (χ1v) is 11.3.